The normalized spacial score (nSPS) is 10.5. The largest absolute Gasteiger partial charge is 0.506 e. The Morgan fingerprint density at radius 1 is 1.38 bits per heavy atom. The molecule has 0 spiro atoms. The van der Waals surface area contributed by atoms with Crippen molar-refractivity contribution in [2.75, 3.05) is 5.84 Å². The molecule has 1 aromatic heterocycles. The number of nitrogen functional groups attached to an aromatic ring is 2. The van der Waals surface area contributed by atoms with Crippen LogP contribution in [0, 0.1) is 5.41 Å². The summed E-state index contributed by atoms with van der Waals surface area (Å²) in [6.07, 6.45) is 0. The van der Waals surface area contributed by atoms with Crippen molar-refractivity contribution in [3.63, 3.8) is 0 Å². The third-order valence-corrected chi connectivity index (χ3v) is 2.36. The lowest BCUT2D eigenvalue weighted by atomic mass is 10.1. The molecule has 0 atom stereocenters. The summed E-state index contributed by atoms with van der Waals surface area (Å²) < 4.78 is 0.867. The first-order chi connectivity index (χ1) is 7.54. The van der Waals surface area contributed by atoms with Crippen LogP contribution in [0.25, 0.3) is 10.9 Å². The molecule has 0 aliphatic rings. The third kappa shape index (κ3) is 1.20. The van der Waals surface area contributed by atoms with Gasteiger partial charge in [-0.3, -0.25) is 10.2 Å². The SMILES string of the molecule is N=C(N)c1c(O)c2ccccc2n(N)c1=O. The average Bonchev–Trinajstić information content (AvgIpc) is 2.26. The smallest absolute Gasteiger partial charge is 0.283 e. The molecule has 0 aliphatic heterocycles. The van der Waals surface area contributed by atoms with Crippen molar-refractivity contribution in [3.05, 3.63) is 40.2 Å². The maximum Gasteiger partial charge on any atom is 0.283 e. The van der Waals surface area contributed by atoms with E-state index in [0.717, 1.165) is 4.68 Å². The molecule has 1 aromatic carbocycles. The van der Waals surface area contributed by atoms with E-state index in [1.165, 1.54) is 0 Å². The molecular formula is C10H10N4O2. The zero-order valence-corrected chi connectivity index (χ0v) is 8.27. The van der Waals surface area contributed by atoms with Gasteiger partial charge in [0.25, 0.3) is 5.56 Å². The lowest BCUT2D eigenvalue weighted by Crippen LogP contribution is -2.34. The summed E-state index contributed by atoms with van der Waals surface area (Å²) >= 11 is 0. The summed E-state index contributed by atoms with van der Waals surface area (Å²) in [7, 11) is 0. The number of benzene rings is 1. The van der Waals surface area contributed by atoms with Crippen LogP contribution in [0.1, 0.15) is 5.56 Å². The highest BCUT2D eigenvalue weighted by molar-refractivity contribution is 6.02. The molecule has 0 aliphatic carbocycles. The maximum absolute atomic E-state index is 11.7. The molecule has 0 radical (unpaired) electrons. The molecule has 1 heterocycles. The summed E-state index contributed by atoms with van der Waals surface area (Å²) in [5, 5.41) is 17.5. The zero-order chi connectivity index (χ0) is 11.9. The minimum atomic E-state index is -0.691. The highest BCUT2D eigenvalue weighted by Crippen LogP contribution is 2.24. The first-order valence-corrected chi connectivity index (χ1v) is 4.50. The van der Waals surface area contributed by atoms with Crippen molar-refractivity contribution in [1.29, 1.82) is 5.41 Å². The summed E-state index contributed by atoms with van der Waals surface area (Å²) in [6, 6.07) is 6.58. The van der Waals surface area contributed by atoms with E-state index in [4.69, 9.17) is 17.0 Å². The molecule has 0 fully saturated rings. The molecule has 2 rings (SSSR count). The second kappa shape index (κ2) is 3.27. The van der Waals surface area contributed by atoms with E-state index < -0.39 is 11.4 Å². The lowest BCUT2D eigenvalue weighted by Gasteiger charge is -2.09. The fourth-order valence-electron chi connectivity index (χ4n) is 1.59. The van der Waals surface area contributed by atoms with Gasteiger partial charge in [-0.1, -0.05) is 12.1 Å². The topological polar surface area (TPSA) is 118 Å². The van der Waals surface area contributed by atoms with Crippen LogP contribution in [0.2, 0.25) is 0 Å². The number of hydrogen-bond donors (Lipinski definition) is 4. The van der Waals surface area contributed by atoms with Crippen LogP contribution < -0.4 is 17.1 Å². The number of aromatic hydroxyl groups is 1. The standard InChI is InChI=1S/C10H10N4O2/c11-9(12)7-8(15)5-3-1-2-4-6(5)14(13)10(7)16/h1-4,15H,13H2,(H3,11,12). The Kier molecular flexibility index (Phi) is 2.05. The number of aromatic nitrogens is 1. The van der Waals surface area contributed by atoms with Gasteiger partial charge in [0.05, 0.1) is 5.52 Å². The van der Waals surface area contributed by atoms with Gasteiger partial charge < -0.3 is 16.7 Å². The van der Waals surface area contributed by atoms with Crippen molar-refractivity contribution < 1.29 is 5.11 Å². The van der Waals surface area contributed by atoms with Gasteiger partial charge in [-0.25, -0.2) is 4.68 Å². The molecular weight excluding hydrogens is 208 g/mol. The fraction of sp³-hybridized carbons (Fsp3) is 0. The van der Waals surface area contributed by atoms with Crippen LogP contribution in [-0.4, -0.2) is 15.6 Å². The molecule has 6 heteroatoms. The van der Waals surface area contributed by atoms with Crippen molar-refractivity contribution in [2.24, 2.45) is 5.73 Å². The van der Waals surface area contributed by atoms with Crippen LogP contribution >= 0.6 is 0 Å². The van der Waals surface area contributed by atoms with Crippen LogP contribution in [0.5, 0.6) is 5.75 Å². The Balaban J connectivity index is 3.07. The number of hydrogen-bond acceptors (Lipinski definition) is 4. The molecule has 16 heavy (non-hydrogen) atoms. The molecule has 2 aromatic rings. The Morgan fingerprint density at radius 3 is 2.62 bits per heavy atom. The van der Waals surface area contributed by atoms with Crippen LogP contribution in [0.3, 0.4) is 0 Å². The second-order valence-electron chi connectivity index (χ2n) is 3.33. The van der Waals surface area contributed by atoms with Crippen molar-refractivity contribution >= 4 is 16.7 Å². The summed E-state index contributed by atoms with van der Waals surface area (Å²) in [5.41, 5.74) is 4.65. The van der Waals surface area contributed by atoms with Crippen LogP contribution in [0.15, 0.2) is 29.1 Å². The number of para-hydroxylation sites is 1. The Hall–Kier alpha value is -2.50. The van der Waals surface area contributed by atoms with E-state index in [0.29, 0.717) is 10.9 Å². The predicted octanol–water partition coefficient (Wildman–Crippen LogP) is -0.295. The molecule has 82 valence electrons. The fourth-order valence-corrected chi connectivity index (χ4v) is 1.59. The molecule has 0 amide bonds. The van der Waals surface area contributed by atoms with Gasteiger partial charge in [0, 0.05) is 5.39 Å². The van der Waals surface area contributed by atoms with E-state index >= 15 is 0 Å². The van der Waals surface area contributed by atoms with E-state index in [1.807, 2.05) is 0 Å². The number of amidine groups is 1. The molecule has 6 nitrogen and oxygen atoms in total. The minimum Gasteiger partial charge on any atom is -0.506 e. The minimum absolute atomic E-state index is 0.277. The van der Waals surface area contributed by atoms with Crippen LogP contribution in [-0.2, 0) is 0 Å². The molecule has 0 bridgehead atoms. The number of pyridine rings is 1. The Morgan fingerprint density at radius 2 is 2.00 bits per heavy atom. The Bertz CT molecular complexity index is 645. The number of rotatable bonds is 1. The van der Waals surface area contributed by atoms with Gasteiger partial charge in [0.2, 0.25) is 0 Å². The van der Waals surface area contributed by atoms with E-state index in [9.17, 15) is 9.90 Å². The van der Waals surface area contributed by atoms with Crippen molar-refractivity contribution in [3.8, 4) is 5.75 Å². The first kappa shape index (κ1) is 10.0. The molecule has 0 saturated heterocycles. The van der Waals surface area contributed by atoms with Gasteiger partial charge in [-0.05, 0) is 12.1 Å². The quantitative estimate of drug-likeness (QED) is 0.298. The van der Waals surface area contributed by atoms with Crippen molar-refractivity contribution in [2.45, 2.75) is 0 Å². The van der Waals surface area contributed by atoms with E-state index in [-0.39, 0.29) is 11.3 Å². The number of nitrogens with one attached hydrogen (secondary N) is 1. The van der Waals surface area contributed by atoms with Gasteiger partial charge >= 0.3 is 0 Å². The van der Waals surface area contributed by atoms with Gasteiger partial charge in [-0.15, -0.1) is 0 Å². The number of fused-ring (bicyclic) bond motifs is 1. The summed E-state index contributed by atoms with van der Waals surface area (Å²) in [5.74, 6) is 4.75. The summed E-state index contributed by atoms with van der Waals surface area (Å²) in [6.45, 7) is 0. The monoisotopic (exact) mass is 218 g/mol. The molecule has 0 unspecified atom stereocenters. The average molecular weight is 218 g/mol. The predicted molar refractivity (Wildman–Crippen MR) is 61.0 cm³/mol. The Labute approximate surface area is 90.2 Å². The van der Waals surface area contributed by atoms with E-state index in [2.05, 4.69) is 0 Å². The highest BCUT2D eigenvalue weighted by atomic mass is 16.3. The summed E-state index contributed by atoms with van der Waals surface area (Å²) in [4.78, 5) is 11.7. The zero-order valence-electron chi connectivity index (χ0n) is 8.27. The second-order valence-corrected chi connectivity index (χ2v) is 3.33. The maximum atomic E-state index is 11.7. The number of nitrogens with zero attached hydrogens (tertiary/aromatic N) is 1. The molecule has 0 saturated carbocycles. The van der Waals surface area contributed by atoms with Gasteiger partial charge in [0.15, 0.2) is 0 Å². The first-order valence-electron chi connectivity index (χ1n) is 4.50. The van der Waals surface area contributed by atoms with Gasteiger partial charge in [0.1, 0.15) is 17.1 Å². The van der Waals surface area contributed by atoms with Gasteiger partial charge in [-0.2, -0.15) is 0 Å². The van der Waals surface area contributed by atoms with Crippen molar-refractivity contribution in [1.82, 2.24) is 4.68 Å². The van der Waals surface area contributed by atoms with Crippen LogP contribution in [0.4, 0.5) is 0 Å². The highest BCUT2D eigenvalue weighted by Gasteiger charge is 2.16. The number of nitrogens with two attached hydrogens (primary N) is 2. The molecule has 6 N–H and O–H groups in total. The lowest BCUT2D eigenvalue weighted by molar-refractivity contribution is 0.478. The third-order valence-electron chi connectivity index (χ3n) is 2.36. The van der Waals surface area contributed by atoms with E-state index in [1.54, 1.807) is 24.3 Å².